The van der Waals surface area contributed by atoms with E-state index in [1.54, 1.807) is 0 Å². The van der Waals surface area contributed by atoms with Gasteiger partial charge in [0, 0.05) is 25.8 Å². The summed E-state index contributed by atoms with van der Waals surface area (Å²) >= 11 is 0. The van der Waals surface area contributed by atoms with Crippen molar-refractivity contribution >= 4 is 21.6 Å². The van der Waals surface area contributed by atoms with Gasteiger partial charge in [0.1, 0.15) is 5.82 Å². The average Bonchev–Trinajstić information content (AvgIpc) is 2.26. The summed E-state index contributed by atoms with van der Waals surface area (Å²) in [5.74, 6) is -1.16. The van der Waals surface area contributed by atoms with Crippen molar-refractivity contribution in [2.75, 3.05) is 19.0 Å². The number of hydrogen-bond donors (Lipinski definition) is 2. The topological polar surface area (TPSA) is 98.5 Å². The lowest BCUT2D eigenvalue weighted by Crippen LogP contribution is -2.18. The van der Waals surface area contributed by atoms with Crippen molar-refractivity contribution in [3.8, 4) is 0 Å². The number of nitrogens with two attached hydrogens (primary N) is 1. The van der Waals surface area contributed by atoms with Crippen LogP contribution >= 0.6 is 0 Å². The Morgan fingerprint density at radius 1 is 1.45 bits per heavy atom. The van der Waals surface area contributed by atoms with Crippen LogP contribution < -0.4 is 10.5 Å². The molecule has 1 atom stereocenters. The van der Waals surface area contributed by atoms with Crippen molar-refractivity contribution in [1.29, 1.82) is 0 Å². The summed E-state index contributed by atoms with van der Waals surface area (Å²) < 4.78 is 40.5. The zero-order valence-corrected chi connectivity index (χ0v) is 12.0. The molecule has 0 aromatic heterocycles. The first-order chi connectivity index (χ1) is 9.22. The van der Waals surface area contributed by atoms with Crippen molar-refractivity contribution in [2.24, 2.45) is 11.1 Å². The molecule has 3 N–H and O–H groups in total. The highest BCUT2D eigenvalue weighted by molar-refractivity contribution is 7.89. The molecule has 0 radical (unpaired) electrons. The van der Waals surface area contributed by atoms with Crippen LogP contribution in [0.4, 0.5) is 10.1 Å². The zero-order valence-electron chi connectivity index (χ0n) is 11.2. The zero-order chi connectivity index (χ0) is 15.3. The molecule has 0 spiro atoms. The van der Waals surface area contributed by atoms with Crippen LogP contribution in [0.2, 0.25) is 0 Å². The molecule has 1 aromatic carbocycles. The van der Waals surface area contributed by atoms with Gasteiger partial charge in [-0.25, -0.2) is 17.9 Å². The first-order valence-corrected chi connectivity index (χ1v) is 7.39. The van der Waals surface area contributed by atoms with Gasteiger partial charge in [-0.15, -0.1) is 0 Å². The standard InChI is InChI=1S/C12H17FN2O4S/c1-8(7-19-2)3-12(16)15-10-4-9(13)5-11(6-10)20(14,17)18/h4-6,8H,3,7H2,1-2H3,(H,15,16)(H2,14,17,18). The Labute approximate surface area is 117 Å². The lowest BCUT2D eigenvalue weighted by Gasteiger charge is -2.11. The van der Waals surface area contributed by atoms with E-state index in [-0.39, 0.29) is 23.9 Å². The number of hydrogen-bond acceptors (Lipinski definition) is 4. The van der Waals surface area contributed by atoms with Crippen LogP contribution in [0, 0.1) is 11.7 Å². The number of rotatable bonds is 6. The highest BCUT2D eigenvalue weighted by atomic mass is 32.2. The van der Waals surface area contributed by atoms with Gasteiger partial charge in [-0.2, -0.15) is 0 Å². The Balaban J connectivity index is 2.83. The van der Waals surface area contributed by atoms with E-state index in [1.165, 1.54) is 7.11 Å². The van der Waals surface area contributed by atoms with Crippen molar-refractivity contribution in [3.63, 3.8) is 0 Å². The van der Waals surface area contributed by atoms with Crippen LogP contribution in [0.3, 0.4) is 0 Å². The molecule has 8 heteroatoms. The number of carbonyl (C=O) groups excluding carboxylic acids is 1. The summed E-state index contributed by atoms with van der Waals surface area (Å²) in [4.78, 5) is 11.3. The van der Waals surface area contributed by atoms with Crippen LogP contribution in [0.5, 0.6) is 0 Å². The van der Waals surface area contributed by atoms with Gasteiger partial charge in [-0.05, 0) is 24.1 Å². The number of benzene rings is 1. The Kier molecular flexibility index (Phi) is 5.61. The van der Waals surface area contributed by atoms with Crippen molar-refractivity contribution < 1.29 is 22.3 Å². The summed E-state index contributed by atoms with van der Waals surface area (Å²) in [5.41, 5.74) is 0.0450. The third-order valence-corrected chi connectivity index (χ3v) is 3.36. The maximum absolute atomic E-state index is 13.3. The molecular formula is C12H17FN2O4S. The third-order valence-electron chi connectivity index (χ3n) is 2.47. The second-order valence-electron chi connectivity index (χ2n) is 4.53. The smallest absolute Gasteiger partial charge is 0.238 e. The van der Waals surface area contributed by atoms with Crippen LogP contribution in [0.15, 0.2) is 23.1 Å². The van der Waals surface area contributed by atoms with E-state index in [2.05, 4.69) is 5.32 Å². The molecule has 1 amide bonds. The second-order valence-corrected chi connectivity index (χ2v) is 6.09. The Morgan fingerprint density at radius 3 is 2.65 bits per heavy atom. The normalized spacial score (nSPS) is 13.0. The SMILES string of the molecule is COCC(C)CC(=O)Nc1cc(F)cc(S(N)(=O)=O)c1. The highest BCUT2D eigenvalue weighted by Gasteiger charge is 2.14. The van der Waals surface area contributed by atoms with Crippen LogP contribution in [-0.2, 0) is 19.6 Å². The minimum absolute atomic E-state index is 0.00808. The molecule has 0 heterocycles. The highest BCUT2D eigenvalue weighted by Crippen LogP contribution is 2.18. The van der Waals surface area contributed by atoms with E-state index in [1.807, 2.05) is 6.92 Å². The van der Waals surface area contributed by atoms with Crippen LogP contribution in [-0.4, -0.2) is 28.0 Å². The lowest BCUT2D eigenvalue weighted by atomic mass is 10.1. The number of sulfonamides is 1. The molecule has 0 saturated heterocycles. The Bertz CT molecular complexity index is 589. The summed E-state index contributed by atoms with van der Waals surface area (Å²) in [7, 11) is -2.50. The molecule has 0 aliphatic rings. The number of primary sulfonamides is 1. The van der Waals surface area contributed by atoms with E-state index in [0.29, 0.717) is 6.61 Å². The third kappa shape index (κ3) is 5.24. The van der Waals surface area contributed by atoms with Crippen LogP contribution in [0.1, 0.15) is 13.3 Å². The summed E-state index contributed by atoms with van der Waals surface area (Å²) in [5, 5.41) is 7.35. The maximum atomic E-state index is 13.3. The number of amides is 1. The molecule has 0 aliphatic carbocycles. The van der Waals surface area contributed by atoms with E-state index in [0.717, 1.165) is 18.2 Å². The molecule has 1 unspecified atom stereocenters. The van der Waals surface area contributed by atoms with Gasteiger partial charge in [0.2, 0.25) is 15.9 Å². The average molecular weight is 304 g/mol. The largest absolute Gasteiger partial charge is 0.384 e. The monoisotopic (exact) mass is 304 g/mol. The van der Waals surface area contributed by atoms with E-state index >= 15 is 0 Å². The Morgan fingerprint density at radius 2 is 2.10 bits per heavy atom. The van der Waals surface area contributed by atoms with E-state index < -0.39 is 20.7 Å². The van der Waals surface area contributed by atoms with Crippen molar-refractivity contribution in [2.45, 2.75) is 18.2 Å². The first-order valence-electron chi connectivity index (χ1n) is 5.84. The molecule has 1 rings (SSSR count). The quantitative estimate of drug-likeness (QED) is 0.821. The summed E-state index contributed by atoms with van der Waals surface area (Å²) in [6, 6.07) is 2.92. The first kappa shape index (κ1) is 16.5. The Hall–Kier alpha value is -1.51. The fourth-order valence-corrected chi connectivity index (χ4v) is 2.24. The van der Waals surface area contributed by atoms with Gasteiger partial charge < -0.3 is 10.1 Å². The minimum Gasteiger partial charge on any atom is -0.384 e. The van der Waals surface area contributed by atoms with Gasteiger partial charge in [-0.3, -0.25) is 4.79 Å². The van der Waals surface area contributed by atoms with Crippen molar-refractivity contribution in [3.05, 3.63) is 24.0 Å². The molecule has 0 aliphatic heterocycles. The second kappa shape index (κ2) is 6.78. The number of nitrogens with one attached hydrogen (secondary N) is 1. The van der Waals surface area contributed by atoms with E-state index in [9.17, 15) is 17.6 Å². The van der Waals surface area contributed by atoms with Crippen LogP contribution in [0.25, 0.3) is 0 Å². The van der Waals surface area contributed by atoms with Gasteiger partial charge in [0.15, 0.2) is 0 Å². The molecular weight excluding hydrogens is 287 g/mol. The molecule has 0 saturated carbocycles. The summed E-state index contributed by atoms with van der Waals surface area (Å²) in [6.07, 6.45) is 0.176. The number of carbonyl (C=O) groups is 1. The lowest BCUT2D eigenvalue weighted by molar-refractivity contribution is -0.117. The van der Waals surface area contributed by atoms with E-state index in [4.69, 9.17) is 9.88 Å². The predicted molar refractivity (Wildman–Crippen MR) is 72.1 cm³/mol. The fourth-order valence-electron chi connectivity index (χ4n) is 1.67. The fraction of sp³-hybridized carbons (Fsp3) is 0.417. The summed E-state index contributed by atoms with van der Waals surface area (Å²) in [6.45, 7) is 2.24. The molecule has 112 valence electrons. The maximum Gasteiger partial charge on any atom is 0.238 e. The molecule has 1 aromatic rings. The molecule has 20 heavy (non-hydrogen) atoms. The number of ether oxygens (including phenoxy) is 1. The van der Waals surface area contributed by atoms with Gasteiger partial charge >= 0.3 is 0 Å². The van der Waals surface area contributed by atoms with Gasteiger partial charge in [0.05, 0.1) is 4.90 Å². The number of anilines is 1. The molecule has 0 fully saturated rings. The van der Waals surface area contributed by atoms with Crippen molar-refractivity contribution in [1.82, 2.24) is 0 Å². The number of methoxy groups -OCH3 is 1. The molecule has 6 nitrogen and oxygen atoms in total. The minimum atomic E-state index is -4.03. The number of halogens is 1. The predicted octanol–water partition coefficient (Wildman–Crippen LogP) is 1.08. The molecule has 0 bridgehead atoms. The van der Waals surface area contributed by atoms with Gasteiger partial charge in [0.25, 0.3) is 0 Å². The van der Waals surface area contributed by atoms with Gasteiger partial charge in [-0.1, -0.05) is 6.92 Å².